The number of aliphatic carboxylic acids is 1. The average molecular weight is 816 g/mol. The summed E-state index contributed by atoms with van der Waals surface area (Å²) in [7, 11) is -2.87. The van der Waals surface area contributed by atoms with Gasteiger partial charge in [-0.3, -0.25) is 4.79 Å². The second-order valence-electron chi connectivity index (χ2n) is 21.6. The Morgan fingerprint density at radius 3 is 2.40 bits per heavy atom. The summed E-state index contributed by atoms with van der Waals surface area (Å²) in [6.45, 7) is 23.6. The van der Waals surface area contributed by atoms with Crippen LogP contribution < -0.4 is 10.1 Å². The van der Waals surface area contributed by atoms with Crippen LogP contribution in [0.4, 0.5) is 0 Å². The van der Waals surface area contributed by atoms with E-state index in [0.717, 1.165) is 25.9 Å². The molecule has 0 bridgehead atoms. The maximum absolute atomic E-state index is 12.8. The van der Waals surface area contributed by atoms with Gasteiger partial charge in [-0.05, 0) is 159 Å². The highest BCUT2D eigenvalue weighted by Crippen LogP contribution is 2.76. The molecule has 5 fully saturated rings. The number of nitrogens with one attached hydrogen (secondary N) is 1. The molecule has 4 saturated carbocycles. The van der Waals surface area contributed by atoms with Crippen molar-refractivity contribution < 1.29 is 23.1 Å². The number of hydrogen-bond acceptors (Lipinski definition) is 7. The van der Waals surface area contributed by atoms with E-state index in [4.69, 9.17) is 4.74 Å². The van der Waals surface area contributed by atoms with Gasteiger partial charge >= 0.3 is 5.97 Å². The first-order chi connectivity index (χ1) is 27.4. The fourth-order valence-electron chi connectivity index (χ4n) is 15.5. The van der Waals surface area contributed by atoms with Crippen molar-refractivity contribution in [3.05, 3.63) is 59.8 Å². The first-order valence-corrected chi connectivity index (χ1v) is 24.7. The molecule has 10 atom stereocenters. The van der Waals surface area contributed by atoms with E-state index in [1.54, 1.807) is 6.20 Å². The molecule has 8 rings (SSSR count). The summed E-state index contributed by atoms with van der Waals surface area (Å²) in [4.78, 5) is 19.4. The summed E-state index contributed by atoms with van der Waals surface area (Å²) in [5, 5.41) is 14.7. The maximum atomic E-state index is 12.8. The van der Waals surface area contributed by atoms with Gasteiger partial charge in [0.05, 0.1) is 23.5 Å². The van der Waals surface area contributed by atoms with Crippen LogP contribution in [0.1, 0.15) is 125 Å². The smallest absolute Gasteiger partial charge is 0.310 e. The highest BCUT2D eigenvalue weighted by molar-refractivity contribution is 7.91. The Balaban J connectivity index is 0.995. The molecule has 1 aliphatic heterocycles. The number of rotatable bonds is 11. The molecule has 0 radical (unpaired) electrons. The second-order valence-corrected chi connectivity index (χ2v) is 23.9. The van der Waals surface area contributed by atoms with Crippen LogP contribution in [0.25, 0.3) is 0 Å². The second kappa shape index (κ2) is 15.1. The predicted octanol–water partition coefficient (Wildman–Crippen LogP) is 9.30. The van der Waals surface area contributed by atoms with Crippen molar-refractivity contribution in [2.45, 2.75) is 131 Å². The third kappa shape index (κ3) is 6.87. The van der Waals surface area contributed by atoms with Crippen LogP contribution in [-0.2, 0) is 14.6 Å². The van der Waals surface area contributed by atoms with Gasteiger partial charge in [0.25, 0.3) is 0 Å². The van der Waals surface area contributed by atoms with E-state index in [-0.39, 0.29) is 27.2 Å². The van der Waals surface area contributed by atoms with Gasteiger partial charge in [-0.25, -0.2) is 13.4 Å². The molecule has 0 spiro atoms. The highest BCUT2D eigenvalue weighted by Gasteiger charge is 2.70. The van der Waals surface area contributed by atoms with Gasteiger partial charge in [0.2, 0.25) is 5.88 Å². The molecule has 2 N–H and O–H groups in total. The van der Waals surface area contributed by atoms with Crippen LogP contribution in [0, 0.1) is 56.7 Å². The van der Waals surface area contributed by atoms with Crippen molar-refractivity contribution in [3.8, 4) is 5.88 Å². The van der Waals surface area contributed by atoms with E-state index in [0.29, 0.717) is 85.9 Å². The molecule has 9 heteroatoms. The summed E-state index contributed by atoms with van der Waals surface area (Å²) in [5.41, 5.74) is 4.33. The normalized spacial score (nSPS) is 41.8. The maximum Gasteiger partial charge on any atom is 0.310 e. The number of carbonyl (C=O) groups is 1. The summed E-state index contributed by atoms with van der Waals surface area (Å²) in [6, 6.07) is 5.57. The predicted molar refractivity (Wildman–Crippen MR) is 232 cm³/mol. The van der Waals surface area contributed by atoms with Gasteiger partial charge in [-0.2, -0.15) is 0 Å². The summed E-state index contributed by atoms with van der Waals surface area (Å²) in [6.07, 6.45) is 20.2. The van der Waals surface area contributed by atoms with E-state index in [2.05, 4.69) is 75.5 Å². The minimum Gasteiger partial charge on any atom is -0.481 e. The molecular weight excluding hydrogens is 743 g/mol. The van der Waals surface area contributed by atoms with Crippen molar-refractivity contribution in [3.63, 3.8) is 0 Å². The molecule has 2 unspecified atom stereocenters. The van der Waals surface area contributed by atoms with Gasteiger partial charge < -0.3 is 20.1 Å². The Labute approximate surface area is 350 Å². The van der Waals surface area contributed by atoms with Gasteiger partial charge in [0.1, 0.15) is 0 Å². The van der Waals surface area contributed by atoms with Crippen molar-refractivity contribution in [1.82, 2.24) is 15.2 Å². The lowest BCUT2D eigenvalue weighted by Gasteiger charge is -2.72. The lowest BCUT2D eigenvalue weighted by atomic mass is 9.33. The van der Waals surface area contributed by atoms with E-state index in [1.807, 2.05) is 18.2 Å². The fraction of sp³-hybridized carbons (Fsp3) is 0.755. The topological polar surface area (TPSA) is 109 Å². The van der Waals surface area contributed by atoms with Gasteiger partial charge in [0.15, 0.2) is 9.84 Å². The zero-order valence-corrected chi connectivity index (χ0v) is 37.4. The van der Waals surface area contributed by atoms with Crippen LogP contribution >= 0.6 is 0 Å². The van der Waals surface area contributed by atoms with E-state index in [9.17, 15) is 18.3 Å². The number of carboxylic acids is 1. The molecule has 1 aromatic heterocycles. The molecular formula is C49H73N3O5S. The van der Waals surface area contributed by atoms with Crippen LogP contribution in [0.3, 0.4) is 0 Å². The molecule has 320 valence electrons. The fourth-order valence-corrected chi connectivity index (χ4v) is 16.8. The zero-order valence-electron chi connectivity index (χ0n) is 36.6. The van der Waals surface area contributed by atoms with Crippen molar-refractivity contribution in [1.29, 1.82) is 0 Å². The molecule has 8 nitrogen and oxygen atoms in total. The summed E-state index contributed by atoms with van der Waals surface area (Å²) >= 11 is 0. The number of hydrogen-bond donors (Lipinski definition) is 2. The zero-order chi connectivity index (χ0) is 41.4. The molecule has 58 heavy (non-hydrogen) atoms. The molecule has 1 saturated heterocycles. The van der Waals surface area contributed by atoms with Gasteiger partial charge in [0, 0.05) is 44.0 Å². The Kier molecular flexibility index (Phi) is 11.0. The number of nitrogens with zero attached hydrogens (tertiary/aromatic N) is 2. The van der Waals surface area contributed by atoms with Crippen molar-refractivity contribution >= 4 is 15.8 Å². The first kappa shape index (κ1) is 42.2. The number of aromatic nitrogens is 1. The Morgan fingerprint density at radius 1 is 0.948 bits per heavy atom. The highest BCUT2D eigenvalue weighted by atomic mass is 32.2. The number of carboxylic acid groups (broad SMARTS) is 1. The number of allylic oxidation sites excluding steroid dienone is 5. The van der Waals surface area contributed by atoms with Crippen LogP contribution in [-0.4, -0.2) is 79.2 Å². The number of sulfone groups is 1. The lowest BCUT2D eigenvalue weighted by Crippen LogP contribution is -2.68. The van der Waals surface area contributed by atoms with Crippen molar-refractivity contribution in [2.75, 3.05) is 44.3 Å². The minimum atomic E-state index is -2.87. The van der Waals surface area contributed by atoms with Crippen LogP contribution in [0.15, 0.2) is 59.8 Å². The molecule has 2 heterocycles. The quantitative estimate of drug-likeness (QED) is 0.213. The summed E-state index contributed by atoms with van der Waals surface area (Å²) in [5.74, 6) is 3.49. The largest absolute Gasteiger partial charge is 0.481 e. The number of pyridine rings is 1. The third-order valence-corrected chi connectivity index (χ3v) is 20.5. The molecule has 1 aromatic rings. The molecule has 6 aliphatic carbocycles. The number of ether oxygens (including phenoxy) is 1. The van der Waals surface area contributed by atoms with Crippen molar-refractivity contribution in [2.24, 2.45) is 56.7 Å². The molecule has 7 aliphatic rings. The Hall–Kier alpha value is -2.49. The Bertz CT molecular complexity index is 1910. The minimum absolute atomic E-state index is 0.0178. The van der Waals surface area contributed by atoms with Crippen LogP contribution in [0.2, 0.25) is 0 Å². The number of fused-ring (bicyclic) bond motifs is 7. The summed E-state index contributed by atoms with van der Waals surface area (Å²) < 4.78 is 30.0. The van der Waals surface area contributed by atoms with Gasteiger partial charge in [-0.1, -0.05) is 65.0 Å². The Morgan fingerprint density at radius 2 is 1.72 bits per heavy atom. The van der Waals surface area contributed by atoms with Crippen LogP contribution in [0.5, 0.6) is 5.88 Å². The van der Waals surface area contributed by atoms with E-state index in [1.165, 1.54) is 68.1 Å². The average Bonchev–Trinajstić information content (AvgIpc) is 3.56. The molecule has 0 aromatic carbocycles. The monoisotopic (exact) mass is 816 g/mol. The van der Waals surface area contributed by atoms with Gasteiger partial charge in [-0.15, -0.1) is 0 Å². The first-order valence-electron chi connectivity index (χ1n) is 22.9. The van der Waals surface area contributed by atoms with E-state index >= 15 is 0 Å². The standard InChI is InChI=1S/C49H73N3O5S/c1-34(2)36-15-22-49(51-27-28-52-29-32-58(55,56)33-30-52)24-23-46(6)38(42(36)49)11-12-40-45(5)18-16-37(44(3,4)39(45)17-19-47(40,46)7)35-13-20-48(21-14-35,43(53)54)25-31-57-41-10-8-9-26-50-41/h8-10,13,16,26,36,38-40,42,51H,1,11-12,14-15,17-25,27-33H2,2-7H3,(H,53,54)/t36?,38-,39+,40-,42-,45+,46-,47-,48?,49+/m1/s1. The SMILES string of the molecule is C=C(C)C1CC[C@]2(NCCN3CCS(=O)(=O)CC3)CC[C@]3(C)[C@H](CC[C@@H]4[C@@]5(C)CC=C(C6=CCC(CCOc7ccccn7)(C(=O)O)CC6)C(C)(C)[C@@H]5CC[C@]43C)[C@@H]12. The lowest BCUT2D eigenvalue weighted by molar-refractivity contribution is -0.221. The molecule has 0 amide bonds. The van der Waals surface area contributed by atoms with E-state index < -0.39 is 21.2 Å². The third-order valence-electron chi connectivity index (χ3n) is 18.9.